The van der Waals surface area contributed by atoms with Crippen LogP contribution in [0.4, 0.5) is 11.5 Å². The van der Waals surface area contributed by atoms with Gasteiger partial charge in [-0.3, -0.25) is 4.79 Å². The average molecular weight is 364 g/mol. The molecule has 140 valence electrons. The van der Waals surface area contributed by atoms with Crippen LogP contribution in [-0.4, -0.2) is 38.8 Å². The van der Waals surface area contributed by atoms with Gasteiger partial charge >= 0.3 is 0 Å². The molecule has 0 saturated carbocycles. The number of fused-ring (bicyclic) bond motifs is 1. The van der Waals surface area contributed by atoms with E-state index in [2.05, 4.69) is 34.3 Å². The van der Waals surface area contributed by atoms with Crippen molar-refractivity contribution in [1.82, 2.24) is 19.8 Å². The number of carbonyl (C=O) groups excluding carboxylic acids is 1. The Kier molecular flexibility index (Phi) is 4.75. The summed E-state index contributed by atoms with van der Waals surface area (Å²) in [7, 11) is 0. The summed E-state index contributed by atoms with van der Waals surface area (Å²) < 4.78 is 1.83. The van der Waals surface area contributed by atoms with Gasteiger partial charge in [-0.05, 0) is 37.1 Å². The molecule has 3 aromatic rings. The number of aromatic nitrogens is 4. The topological polar surface area (TPSA) is 75.4 Å². The molecule has 4 rings (SSSR count). The van der Waals surface area contributed by atoms with Crippen molar-refractivity contribution in [2.45, 2.75) is 32.6 Å². The SMILES string of the molecule is CC(C)c1nnc2ccc(N3CCC(C(=O)Nc4ccccc4)CC3)nn12. The lowest BCUT2D eigenvalue weighted by atomic mass is 9.96. The van der Waals surface area contributed by atoms with Gasteiger partial charge in [-0.1, -0.05) is 32.0 Å². The third-order valence-electron chi connectivity index (χ3n) is 5.02. The van der Waals surface area contributed by atoms with Gasteiger partial charge in [-0.25, -0.2) is 0 Å². The summed E-state index contributed by atoms with van der Waals surface area (Å²) in [5.74, 6) is 2.17. The Balaban J connectivity index is 1.42. The van der Waals surface area contributed by atoms with Gasteiger partial charge in [0, 0.05) is 30.6 Å². The minimum atomic E-state index is 0.0336. The number of nitrogens with one attached hydrogen (secondary N) is 1. The van der Waals surface area contributed by atoms with Crippen LogP contribution in [-0.2, 0) is 4.79 Å². The third kappa shape index (κ3) is 3.63. The van der Waals surface area contributed by atoms with Crippen molar-refractivity contribution < 1.29 is 4.79 Å². The van der Waals surface area contributed by atoms with Crippen LogP contribution in [0.2, 0.25) is 0 Å². The van der Waals surface area contributed by atoms with Crippen LogP contribution in [0.25, 0.3) is 5.65 Å². The lowest BCUT2D eigenvalue weighted by molar-refractivity contribution is -0.120. The summed E-state index contributed by atoms with van der Waals surface area (Å²) in [4.78, 5) is 14.7. The molecule has 0 unspecified atom stereocenters. The van der Waals surface area contributed by atoms with E-state index in [0.29, 0.717) is 0 Å². The zero-order valence-corrected chi connectivity index (χ0v) is 15.7. The van der Waals surface area contributed by atoms with Crippen molar-refractivity contribution in [2.75, 3.05) is 23.3 Å². The number of rotatable bonds is 4. The Morgan fingerprint density at radius 3 is 2.52 bits per heavy atom. The molecule has 1 aliphatic rings. The van der Waals surface area contributed by atoms with Crippen molar-refractivity contribution in [2.24, 2.45) is 5.92 Å². The van der Waals surface area contributed by atoms with E-state index in [1.54, 1.807) is 0 Å². The Morgan fingerprint density at radius 2 is 1.81 bits per heavy atom. The van der Waals surface area contributed by atoms with Gasteiger partial charge < -0.3 is 10.2 Å². The Labute approximate surface area is 158 Å². The maximum absolute atomic E-state index is 12.5. The molecule has 7 nitrogen and oxygen atoms in total. The van der Waals surface area contributed by atoms with Crippen molar-refractivity contribution in [3.8, 4) is 0 Å². The highest BCUT2D eigenvalue weighted by atomic mass is 16.1. The number of para-hydroxylation sites is 1. The van der Waals surface area contributed by atoms with Crippen molar-refractivity contribution in [3.63, 3.8) is 0 Å². The predicted octanol–water partition coefficient (Wildman–Crippen LogP) is 3.10. The van der Waals surface area contributed by atoms with Gasteiger partial charge in [0.25, 0.3) is 0 Å². The summed E-state index contributed by atoms with van der Waals surface area (Å²) in [6, 6.07) is 13.6. The fraction of sp³-hybridized carbons (Fsp3) is 0.400. The number of hydrogen-bond donors (Lipinski definition) is 1. The predicted molar refractivity (Wildman–Crippen MR) is 105 cm³/mol. The van der Waals surface area contributed by atoms with E-state index in [1.807, 2.05) is 47.0 Å². The molecule has 0 spiro atoms. The van der Waals surface area contributed by atoms with E-state index in [4.69, 9.17) is 5.10 Å². The second-order valence-corrected chi connectivity index (χ2v) is 7.29. The maximum Gasteiger partial charge on any atom is 0.227 e. The average Bonchev–Trinajstić information content (AvgIpc) is 3.12. The fourth-order valence-corrected chi connectivity index (χ4v) is 3.46. The van der Waals surface area contributed by atoms with E-state index < -0.39 is 0 Å². The second-order valence-electron chi connectivity index (χ2n) is 7.29. The Morgan fingerprint density at radius 1 is 1.07 bits per heavy atom. The number of piperidine rings is 1. The van der Waals surface area contributed by atoms with Gasteiger partial charge in [0.05, 0.1) is 0 Å². The highest BCUT2D eigenvalue weighted by Crippen LogP contribution is 2.24. The first-order chi connectivity index (χ1) is 13.1. The van der Waals surface area contributed by atoms with Gasteiger partial charge in [0.15, 0.2) is 11.5 Å². The monoisotopic (exact) mass is 364 g/mol. The van der Waals surface area contributed by atoms with E-state index in [-0.39, 0.29) is 17.7 Å². The number of anilines is 2. The first kappa shape index (κ1) is 17.5. The summed E-state index contributed by atoms with van der Waals surface area (Å²) >= 11 is 0. The molecule has 3 heterocycles. The summed E-state index contributed by atoms with van der Waals surface area (Å²) in [5, 5.41) is 16.2. The van der Waals surface area contributed by atoms with Crippen LogP contribution < -0.4 is 10.2 Å². The summed E-state index contributed by atoms with van der Waals surface area (Å²) in [6.45, 7) is 5.79. The molecule has 7 heteroatoms. The maximum atomic E-state index is 12.5. The molecule has 1 saturated heterocycles. The van der Waals surface area contributed by atoms with Crippen LogP contribution in [0, 0.1) is 5.92 Å². The first-order valence-electron chi connectivity index (χ1n) is 9.45. The zero-order valence-electron chi connectivity index (χ0n) is 15.7. The molecular weight excluding hydrogens is 340 g/mol. The molecule has 0 radical (unpaired) electrons. The Hall–Kier alpha value is -2.96. The van der Waals surface area contributed by atoms with Crippen LogP contribution in [0.5, 0.6) is 0 Å². The molecule has 1 aliphatic heterocycles. The lowest BCUT2D eigenvalue weighted by Crippen LogP contribution is -2.38. The van der Waals surface area contributed by atoms with E-state index >= 15 is 0 Å². The number of benzene rings is 1. The third-order valence-corrected chi connectivity index (χ3v) is 5.02. The smallest absolute Gasteiger partial charge is 0.227 e. The van der Waals surface area contributed by atoms with Crippen LogP contribution in [0.3, 0.4) is 0 Å². The fourth-order valence-electron chi connectivity index (χ4n) is 3.46. The molecule has 1 amide bonds. The van der Waals surface area contributed by atoms with Crippen molar-refractivity contribution >= 4 is 23.1 Å². The Bertz CT molecular complexity index is 928. The number of carbonyl (C=O) groups is 1. The molecule has 0 atom stereocenters. The molecule has 1 fully saturated rings. The normalized spacial score (nSPS) is 15.4. The highest BCUT2D eigenvalue weighted by molar-refractivity contribution is 5.92. The molecular formula is C20H24N6O. The van der Waals surface area contributed by atoms with Crippen molar-refractivity contribution in [3.05, 3.63) is 48.3 Å². The van der Waals surface area contributed by atoms with Gasteiger partial charge in [-0.15, -0.1) is 15.3 Å². The quantitative estimate of drug-likeness (QED) is 0.770. The van der Waals surface area contributed by atoms with Crippen molar-refractivity contribution in [1.29, 1.82) is 0 Å². The largest absolute Gasteiger partial charge is 0.355 e. The molecule has 27 heavy (non-hydrogen) atoms. The van der Waals surface area contributed by atoms with Gasteiger partial charge in [0.2, 0.25) is 5.91 Å². The molecule has 2 aromatic heterocycles. The van der Waals surface area contributed by atoms with Crippen LogP contribution in [0.1, 0.15) is 38.4 Å². The number of nitrogens with zero attached hydrogens (tertiary/aromatic N) is 5. The van der Waals surface area contributed by atoms with E-state index in [1.165, 1.54) is 0 Å². The minimum Gasteiger partial charge on any atom is -0.355 e. The minimum absolute atomic E-state index is 0.0336. The van der Waals surface area contributed by atoms with E-state index in [0.717, 1.165) is 48.9 Å². The molecule has 1 aromatic carbocycles. The lowest BCUT2D eigenvalue weighted by Gasteiger charge is -2.32. The summed E-state index contributed by atoms with van der Waals surface area (Å²) in [5.41, 5.74) is 1.62. The zero-order chi connectivity index (χ0) is 18.8. The standard InChI is InChI=1S/C20H24N6O/c1-14(2)19-23-22-17-8-9-18(24-26(17)19)25-12-10-15(11-13-25)20(27)21-16-6-4-3-5-7-16/h3-9,14-15H,10-13H2,1-2H3,(H,21,27). The number of hydrogen-bond acceptors (Lipinski definition) is 5. The first-order valence-corrected chi connectivity index (χ1v) is 9.45. The molecule has 0 bridgehead atoms. The molecule has 0 aliphatic carbocycles. The van der Waals surface area contributed by atoms with Crippen LogP contribution in [0.15, 0.2) is 42.5 Å². The van der Waals surface area contributed by atoms with E-state index in [9.17, 15) is 4.79 Å². The van der Waals surface area contributed by atoms with Gasteiger partial charge in [0.1, 0.15) is 5.82 Å². The number of amides is 1. The molecule has 1 N–H and O–H groups in total. The highest BCUT2D eigenvalue weighted by Gasteiger charge is 2.26. The van der Waals surface area contributed by atoms with Gasteiger partial charge in [-0.2, -0.15) is 4.52 Å². The van der Waals surface area contributed by atoms with Crippen LogP contribution >= 0.6 is 0 Å². The second kappa shape index (κ2) is 7.34. The summed E-state index contributed by atoms with van der Waals surface area (Å²) in [6.07, 6.45) is 1.63.